The highest BCUT2D eigenvalue weighted by Crippen LogP contribution is 2.51. The van der Waals surface area contributed by atoms with Crippen LogP contribution in [0.1, 0.15) is 59.9 Å². The molecule has 2 aliphatic carbocycles. The molecule has 0 aromatic heterocycles. The predicted molar refractivity (Wildman–Crippen MR) is 155 cm³/mol. The number of carbonyl (C=O) groups excluding carboxylic acids is 1. The van der Waals surface area contributed by atoms with Crippen LogP contribution >= 0.6 is 0 Å². The summed E-state index contributed by atoms with van der Waals surface area (Å²) in [4.78, 5) is 12.8. The van der Waals surface area contributed by atoms with Crippen LogP contribution in [-0.2, 0) is 19.8 Å². The van der Waals surface area contributed by atoms with Crippen molar-refractivity contribution in [1.29, 1.82) is 0 Å². The van der Waals surface area contributed by atoms with Gasteiger partial charge < -0.3 is 13.6 Å². The molecular formula is C30H47F3O4Si2. The Balaban J connectivity index is 1.78. The van der Waals surface area contributed by atoms with Crippen molar-refractivity contribution < 1.29 is 31.6 Å². The number of hydrogen-bond acceptors (Lipinski definition) is 4. The standard InChI is InChI=1S/C30H47F3O4Si2/c1-28(2,3)38(7,8)36-22(19-35-21-13-11-20(12-14-21)30(31,32)33)15-16-23-24-18-27(25(23)17-26(24)34)37-39(9,10)29(4,5)6/h11-16,22-25,27H,17-19H2,1-10H3/b16-15+/t22-,23-,24-,25-,27+/m1/s1. The third-order valence-electron chi connectivity index (χ3n) is 9.42. The van der Waals surface area contributed by atoms with Crippen LogP contribution in [0.25, 0.3) is 0 Å². The molecule has 220 valence electrons. The highest BCUT2D eigenvalue weighted by Gasteiger charge is 2.54. The van der Waals surface area contributed by atoms with Gasteiger partial charge in [0.2, 0.25) is 0 Å². The van der Waals surface area contributed by atoms with E-state index in [1.807, 2.05) is 6.08 Å². The monoisotopic (exact) mass is 584 g/mol. The van der Waals surface area contributed by atoms with E-state index in [9.17, 15) is 18.0 Å². The molecule has 4 nitrogen and oxygen atoms in total. The normalized spacial score (nSPS) is 25.5. The summed E-state index contributed by atoms with van der Waals surface area (Å²) in [7, 11) is -4.15. The fourth-order valence-corrected chi connectivity index (χ4v) is 7.59. The molecule has 0 aliphatic heterocycles. The van der Waals surface area contributed by atoms with Crippen LogP contribution in [0.4, 0.5) is 13.2 Å². The van der Waals surface area contributed by atoms with Gasteiger partial charge in [-0.2, -0.15) is 13.2 Å². The van der Waals surface area contributed by atoms with Crippen molar-refractivity contribution in [2.24, 2.45) is 17.8 Å². The maximum absolute atomic E-state index is 13.0. The summed E-state index contributed by atoms with van der Waals surface area (Å²) in [6.07, 6.45) is 0.773. The third kappa shape index (κ3) is 7.46. The Morgan fingerprint density at radius 1 is 0.949 bits per heavy atom. The molecule has 0 radical (unpaired) electrons. The van der Waals surface area contributed by atoms with Gasteiger partial charge in [0.15, 0.2) is 16.6 Å². The molecule has 2 saturated carbocycles. The highest BCUT2D eigenvalue weighted by atomic mass is 28.4. The maximum Gasteiger partial charge on any atom is 0.416 e. The lowest BCUT2D eigenvalue weighted by atomic mass is 9.96. The summed E-state index contributed by atoms with van der Waals surface area (Å²) in [6.45, 7) is 22.2. The van der Waals surface area contributed by atoms with E-state index in [2.05, 4.69) is 73.8 Å². The number of alkyl halides is 3. The van der Waals surface area contributed by atoms with E-state index in [1.54, 1.807) is 0 Å². The number of fused-ring (bicyclic) bond motifs is 2. The van der Waals surface area contributed by atoms with Crippen LogP contribution in [0.5, 0.6) is 5.75 Å². The minimum absolute atomic E-state index is 0.0299. The zero-order valence-electron chi connectivity index (χ0n) is 25.2. The molecule has 0 N–H and O–H groups in total. The number of Topliss-reactive ketones (excluding diaryl/α,β-unsaturated/α-hetero) is 1. The first-order valence-corrected chi connectivity index (χ1v) is 19.8. The van der Waals surface area contributed by atoms with E-state index >= 15 is 0 Å². The summed E-state index contributed by atoms with van der Waals surface area (Å²) in [6, 6.07) is 4.74. The van der Waals surface area contributed by atoms with Crippen LogP contribution in [0, 0.1) is 17.8 Å². The lowest BCUT2D eigenvalue weighted by molar-refractivity contribution is -0.137. The molecule has 5 atom stereocenters. The fraction of sp³-hybridized carbons (Fsp3) is 0.700. The second kappa shape index (κ2) is 11.1. The van der Waals surface area contributed by atoms with Gasteiger partial charge in [0, 0.05) is 18.4 Å². The Bertz CT molecular complexity index is 1040. The molecule has 2 aliphatic rings. The number of ether oxygens (including phenoxy) is 1. The lowest BCUT2D eigenvalue weighted by Crippen LogP contribution is -2.45. The fourth-order valence-electron chi connectivity index (χ4n) is 4.95. The number of halogens is 3. The van der Waals surface area contributed by atoms with Crippen molar-refractivity contribution >= 4 is 22.4 Å². The van der Waals surface area contributed by atoms with E-state index in [-0.39, 0.29) is 46.6 Å². The second-order valence-corrected chi connectivity index (χ2v) is 23.8. The summed E-state index contributed by atoms with van der Waals surface area (Å²) < 4.78 is 58.2. The molecule has 3 rings (SSSR count). The Kier molecular flexibility index (Phi) is 9.13. The molecule has 39 heavy (non-hydrogen) atoms. The van der Waals surface area contributed by atoms with Gasteiger partial charge in [0.1, 0.15) is 18.1 Å². The summed E-state index contributed by atoms with van der Waals surface area (Å²) in [5.41, 5.74) is -0.709. The van der Waals surface area contributed by atoms with Gasteiger partial charge >= 0.3 is 6.18 Å². The van der Waals surface area contributed by atoms with Gasteiger partial charge in [-0.15, -0.1) is 0 Å². The maximum atomic E-state index is 13.0. The molecule has 0 heterocycles. The van der Waals surface area contributed by atoms with Crippen molar-refractivity contribution in [3.63, 3.8) is 0 Å². The topological polar surface area (TPSA) is 44.8 Å². The SMILES string of the molecule is CC(C)(C)[Si](C)(C)O[C@H](/C=C/[C@H]1[C@H]2CC(=O)[C@@H]1C[C@@H]2O[Si](C)(C)C(C)(C)C)COc1ccc(C(F)(F)F)cc1. The van der Waals surface area contributed by atoms with Gasteiger partial charge in [0.05, 0.1) is 11.7 Å². The van der Waals surface area contributed by atoms with Crippen LogP contribution in [0.2, 0.25) is 36.3 Å². The van der Waals surface area contributed by atoms with E-state index in [1.165, 1.54) is 12.1 Å². The van der Waals surface area contributed by atoms with Gasteiger partial charge in [0.25, 0.3) is 0 Å². The first kappa shape index (κ1) is 32.1. The second-order valence-electron chi connectivity index (χ2n) is 14.3. The third-order valence-corrected chi connectivity index (χ3v) is 18.4. The Hall–Kier alpha value is -1.43. The Morgan fingerprint density at radius 2 is 1.51 bits per heavy atom. The number of ketones is 1. The molecule has 2 fully saturated rings. The van der Waals surface area contributed by atoms with Crippen LogP contribution in [-0.4, -0.2) is 41.2 Å². The minimum atomic E-state index is -4.39. The molecule has 0 spiro atoms. The smallest absolute Gasteiger partial charge is 0.416 e. The molecule has 1 aromatic rings. The predicted octanol–water partition coefficient (Wildman–Crippen LogP) is 8.65. The van der Waals surface area contributed by atoms with E-state index in [4.69, 9.17) is 13.6 Å². The largest absolute Gasteiger partial charge is 0.491 e. The van der Waals surface area contributed by atoms with Crippen LogP contribution in [0.15, 0.2) is 36.4 Å². The first-order valence-electron chi connectivity index (χ1n) is 14.0. The molecule has 0 unspecified atom stereocenters. The van der Waals surface area contributed by atoms with Gasteiger partial charge in [-0.1, -0.05) is 53.7 Å². The number of benzene rings is 1. The van der Waals surface area contributed by atoms with Crippen molar-refractivity contribution in [3.05, 3.63) is 42.0 Å². The zero-order valence-corrected chi connectivity index (χ0v) is 27.2. The number of rotatable bonds is 9. The summed E-state index contributed by atoms with van der Waals surface area (Å²) >= 11 is 0. The van der Waals surface area contributed by atoms with Gasteiger partial charge in [-0.25, -0.2) is 0 Å². The van der Waals surface area contributed by atoms with Crippen molar-refractivity contribution in [2.45, 2.75) is 109 Å². The van der Waals surface area contributed by atoms with E-state index in [0.717, 1.165) is 18.6 Å². The molecule has 2 bridgehead atoms. The van der Waals surface area contributed by atoms with Crippen molar-refractivity contribution in [3.8, 4) is 5.75 Å². The lowest BCUT2D eigenvalue weighted by Gasteiger charge is -2.40. The minimum Gasteiger partial charge on any atom is -0.491 e. The molecular weight excluding hydrogens is 537 g/mol. The Morgan fingerprint density at radius 3 is 2.03 bits per heavy atom. The number of hydrogen-bond donors (Lipinski definition) is 0. The van der Waals surface area contributed by atoms with Crippen LogP contribution < -0.4 is 4.74 Å². The van der Waals surface area contributed by atoms with Gasteiger partial charge in [-0.3, -0.25) is 4.79 Å². The van der Waals surface area contributed by atoms with Gasteiger partial charge in [-0.05, 0) is 78.8 Å². The highest BCUT2D eigenvalue weighted by molar-refractivity contribution is 6.74. The molecule has 1 aromatic carbocycles. The Labute approximate surface area is 234 Å². The summed E-state index contributed by atoms with van der Waals surface area (Å²) in [5, 5.41) is 0.0693. The van der Waals surface area contributed by atoms with Crippen molar-refractivity contribution in [2.75, 3.05) is 6.61 Å². The van der Waals surface area contributed by atoms with Crippen molar-refractivity contribution in [1.82, 2.24) is 0 Å². The molecule has 0 saturated heterocycles. The summed E-state index contributed by atoms with van der Waals surface area (Å²) in [5.74, 6) is 0.901. The first-order chi connectivity index (χ1) is 17.6. The average Bonchev–Trinajstić information content (AvgIpc) is 3.25. The van der Waals surface area contributed by atoms with Crippen LogP contribution in [0.3, 0.4) is 0 Å². The number of carbonyl (C=O) groups is 1. The quantitative estimate of drug-likeness (QED) is 0.215. The molecule has 0 amide bonds. The number of allylic oxidation sites excluding steroid dienone is 1. The van der Waals surface area contributed by atoms with E-state index in [0.29, 0.717) is 18.0 Å². The average molecular weight is 585 g/mol. The van der Waals surface area contributed by atoms with E-state index < -0.39 is 28.4 Å². The molecule has 9 heteroatoms. The zero-order chi connectivity index (χ0) is 29.6.